The van der Waals surface area contributed by atoms with E-state index in [4.69, 9.17) is 59.5 Å². The van der Waals surface area contributed by atoms with Gasteiger partial charge in [-0.2, -0.15) is 19.2 Å². The van der Waals surface area contributed by atoms with Crippen molar-refractivity contribution in [1.82, 2.24) is 44.3 Å². The standard InChI is InChI=1S/C27H34ClN7O4S.C24H28Cl2N6O4S.C3H7N/c1-40(37,38)31-21-8-7-19(28)16-20(21)27(36)34-11-4-2-3-6-23(34)22-17-25-29-24(32-9-5-10-32)18-26(35(25)30-22)33-12-14-39-15-13-33;1-37(34,35)29-18-7-6-16(25)13-17(18)24(33)31-8-4-2-3-5-20(31)19-14-22-27-21(26)15-23(32(22)28-19)30-9-11-36-12-10-30;1-2-4-3-1/h7-8,16-18,23,31H,2-6,9-15H2,1H3;6-7,13-15,20,29H,2-5,8-12H2,1H3;4H,1-3H2. The first-order valence-electron chi connectivity index (χ1n) is 27.7. The van der Waals surface area contributed by atoms with Gasteiger partial charge in [-0.15, -0.1) is 0 Å². The summed E-state index contributed by atoms with van der Waals surface area (Å²) in [7, 11) is -7.20. The molecule has 2 amide bonds. The summed E-state index contributed by atoms with van der Waals surface area (Å²) in [6.45, 7) is 11.0. The smallest absolute Gasteiger partial charge is 0.256 e. The Labute approximate surface area is 487 Å². The van der Waals surface area contributed by atoms with Crippen molar-refractivity contribution in [2.45, 2.75) is 76.3 Å². The van der Waals surface area contributed by atoms with Crippen molar-refractivity contribution < 1.29 is 35.9 Å². The van der Waals surface area contributed by atoms with Gasteiger partial charge in [-0.3, -0.25) is 19.0 Å². The number of fused-ring (bicyclic) bond motifs is 2. The van der Waals surface area contributed by atoms with Gasteiger partial charge in [-0.05, 0) is 88.0 Å². The number of ether oxygens (including phenoxy) is 2. The highest BCUT2D eigenvalue weighted by Gasteiger charge is 2.35. The average Bonchev–Trinajstić information content (AvgIpc) is 4.04. The average molecular weight is 1210 g/mol. The fraction of sp³-hybridized carbons (Fsp3) is 0.519. The van der Waals surface area contributed by atoms with E-state index in [0.717, 1.165) is 119 Å². The molecule has 22 nitrogen and oxygen atoms in total. The number of aromatic nitrogens is 6. The Morgan fingerprint density at radius 1 is 0.543 bits per heavy atom. The third kappa shape index (κ3) is 14.4. The molecule has 6 aliphatic heterocycles. The number of hydrogen-bond donors (Lipinski definition) is 3. The molecule has 4 aromatic heterocycles. The molecule has 2 aromatic carbocycles. The van der Waals surface area contributed by atoms with Gasteiger partial charge in [0.05, 0.1) is 84.9 Å². The highest BCUT2D eigenvalue weighted by molar-refractivity contribution is 7.92. The monoisotopic (exact) mass is 1210 g/mol. The van der Waals surface area contributed by atoms with Crippen LogP contribution in [0.2, 0.25) is 15.2 Å². The number of hydrogen-bond acceptors (Lipinski definition) is 16. The number of amides is 2. The maximum Gasteiger partial charge on any atom is 0.256 e. The summed E-state index contributed by atoms with van der Waals surface area (Å²) in [5.41, 5.74) is 3.66. The number of anilines is 5. The number of nitrogens with one attached hydrogen (secondary N) is 3. The van der Waals surface area contributed by atoms with Crippen LogP contribution >= 0.6 is 34.8 Å². The topological polar surface area (TPSA) is 234 Å². The second-order valence-electron chi connectivity index (χ2n) is 21.1. The van der Waals surface area contributed by atoms with Crippen molar-refractivity contribution in [3.05, 3.63) is 98.4 Å². The summed E-state index contributed by atoms with van der Waals surface area (Å²) >= 11 is 18.9. The first kappa shape index (κ1) is 58.5. The van der Waals surface area contributed by atoms with Crippen LogP contribution in [0, 0.1) is 0 Å². The molecule has 10 heterocycles. The Morgan fingerprint density at radius 2 is 0.988 bits per heavy atom. The minimum Gasteiger partial charge on any atom is -0.378 e. The van der Waals surface area contributed by atoms with Crippen molar-refractivity contribution >= 4 is 107 Å². The Hall–Kier alpha value is -5.73. The van der Waals surface area contributed by atoms with E-state index in [0.29, 0.717) is 85.6 Å². The number of sulfonamides is 2. The second-order valence-corrected chi connectivity index (χ2v) is 25.8. The van der Waals surface area contributed by atoms with Gasteiger partial charge in [-0.1, -0.05) is 60.5 Å². The summed E-state index contributed by atoms with van der Waals surface area (Å²) in [5.74, 6) is 2.15. The minimum atomic E-state index is -3.60. The summed E-state index contributed by atoms with van der Waals surface area (Å²) in [4.78, 5) is 47.7. The van der Waals surface area contributed by atoms with Gasteiger partial charge >= 0.3 is 0 Å². The molecule has 6 aliphatic rings. The SMILES string of the molecule is C1CNC1.CS(=O)(=O)Nc1ccc(Cl)cc1C(=O)N1CCCCCC1c1cc2nc(Cl)cc(N3CCOCC3)n2n1.CS(=O)(=O)Nc1ccc(Cl)cc1C(=O)N1CCCCCC1c1cc2nc(N3CCC3)cc(N3CCOCC3)n2n1. The van der Waals surface area contributed by atoms with Crippen molar-refractivity contribution in [1.29, 1.82) is 0 Å². The molecule has 81 heavy (non-hydrogen) atoms. The van der Waals surface area contributed by atoms with Crippen LogP contribution in [0.4, 0.5) is 28.8 Å². The van der Waals surface area contributed by atoms with Gasteiger partial charge < -0.3 is 39.3 Å². The van der Waals surface area contributed by atoms with Crippen LogP contribution in [-0.4, -0.2) is 172 Å². The number of halogens is 3. The molecule has 27 heteroatoms. The highest BCUT2D eigenvalue weighted by Crippen LogP contribution is 2.37. The van der Waals surface area contributed by atoms with Crippen LogP contribution in [0.1, 0.15) is 108 Å². The fourth-order valence-electron chi connectivity index (χ4n) is 10.7. The van der Waals surface area contributed by atoms with Gasteiger partial charge in [0.25, 0.3) is 11.8 Å². The lowest BCUT2D eigenvalue weighted by molar-refractivity contribution is 0.0670. The summed E-state index contributed by atoms with van der Waals surface area (Å²) < 4.78 is 67.7. The summed E-state index contributed by atoms with van der Waals surface area (Å²) in [6, 6.07) is 16.4. The van der Waals surface area contributed by atoms with Crippen LogP contribution < -0.4 is 29.5 Å². The molecule has 0 spiro atoms. The molecule has 2 unspecified atom stereocenters. The molecule has 3 N–H and O–H groups in total. The molecule has 0 bridgehead atoms. The zero-order valence-electron chi connectivity index (χ0n) is 45.5. The van der Waals surface area contributed by atoms with Crippen LogP contribution in [0.25, 0.3) is 11.3 Å². The van der Waals surface area contributed by atoms with E-state index in [9.17, 15) is 26.4 Å². The lowest BCUT2D eigenvalue weighted by Crippen LogP contribution is -2.40. The van der Waals surface area contributed by atoms with E-state index in [-0.39, 0.29) is 46.4 Å². The van der Waals surface area contributed by atoms with Gasteiger partial charge in [0, 0.05) is 86.7 Å². The van der Waals surface area contributed by atoms with E-state index in [1.807, 2.05) is 21.5 Å². The van der Waals surface area contributed by atoms with E-state index in [1.165, 1.54) is 43.8 Å². The number of likely N-dealkylation sites (tertiary alicyclic amines) is 2. The first-order chi connectivity index (χ1) is 39.0. The van der Waals surface area contributed by atoms with Crippen molar-refractivity contribution in [2.24, 2.45) is 0 Å². The van der Waals surface area contributed by atoms with Crippen LogP contribution in [-0.2, 0) is 29.5 Å². The third-order valence-corrected chi connectivity index (χ3v) is 16.9. The maximum absolute atomic E-state index is 14.1. The lowest BCUT2D eigenvalue weighted by atomic mass is 10.0. The molecule has 2 atom stereocenters. The van der Waals surface area contributed by atoms with Gasteiger partial charge in [-0.25, -0.2) is 26.8 Å². The molecule has 6 fully saturated rings. The van der Waals surface area contributed by atoms with E-state index in [1.54, 1.807) is 27.6 Å². The predicted molar refractivity (Wildman–Crippen MR) is 316 cm³/mol. The number of rotatable bonds is 11. The summed E-state index contributed by atoms with van der Waals surface area (Å²) in [5, 5.41) is 14.1. The van der Waals surface area contributed by atoms with Gasteiger partial charge in [0.2, 0.25) is 20.0 Å². The number of carbonyl (C=O) groups excluding carboxylic acids is 2. The highest BCUT2D eigenvalue weighted by atomic mass is 35.5. The Balaban J connectivity index is 0.000000170. The van der Waals surface area contributed by atoms with Crippen LogP contribution in [0.3, 0.4) is 0 Å². The summed E-state index contributed by atoms with van der Waals surface area (Å²) in [6.07, 6.45) is 11.6. The maximum atomic E-state index is 14.1. The quantitative estimate of drug-likeness (QED) is 0.106. The van der Waals surface area contributed by atoms with Gasteiger partial charge in [0.1, 0.15) is 22.6 Å². The Kier molecular flexibility index (Phi) is 18.6. The lowest BCUT2D eigenvalue weighted by Gasteiger charge is -2.34. The molecule has 436 valence electrons. The van der Waals surface area contributed by atoms with Crippen molar-refractivity contribution in [2.75, 3.05) is 129 Å². The number of morpholine rings is 2. The molecule has 6 aromatic rings. The molecular formula is C54H69Cl3N14O8S2. The molecular weight excluding hydrogens is 1140 g/mol. The van der Waals surface area contributed by atoms with Gasteiger partial charge in [0.15, 0.2) is 11.3 Å². The fourth-order valence-corrected chi connectivity index (χ4v) is 12.4. The van der Waals surface area contributed by atoms with E-state index in [2.05, 4.69) is 40.5 Å². The number of benzene rings is 2. The van der Waals surface area contributed by atoms with E-state index < -0.39 is 20.0 Å². The van der Waals surface area contributed by atoms with Crippen LogP contribution in [0.15, 0.2) is 60.7 Å². The molecule has 12 rings (SSSR count). The normalized spacial score (nSPS) is 20.0. The molecule has 0 radical (unpaired) electrons. The third-order valence-electron chi connectivity index (χ3n) is 15.1. The second kappa shape index (κ2) is 25.8. The molecule has 0 saturated carbocycles. The predicted octanol–water partition coefficient (Wildman–Crippen LogP) is 7.54. The largest absolute Gasteiger partial charge is 0.378 e. The van der Waals surface area contributed by atoms with Crippen LogP contribution in [0.5, 0.6) is 0 Å². The first-order valence-corrected chi connectivity index (χ1v) is 32.6. The molecule has 0 aliphatic carbocycles. The Bertz CT molecular complexity index is 3460. The zero-order chi connectivity index (χ0) is 56.8. The van der Waals surface area contributed by atoms with E-state index >= 15 is 0 Å². The van der Waals surface area contributed by atoms with Crippen molar-refractivity contribution in [3.63, 3.8) is 0 Å². The minimum absolute atomic E-state index is 0.193. The number of carbonyl (C=O) groups is 2. The molecule has 6 saturated heterocycles. The Morgan fingerprint density at radius 3 is 1.41 bits per heavy atom. The van der Waals surface area contributed by atoms with Crippen molar-refractivity contribution in [3.8, 4) is 0 Å². The number of nitrogens with zero attached hydrogens (tertiary/aromatic N) is 11. The zero-order valence-corrected chi connectivity index (χ0v) is 49.4.